The Morgan fingerprint density at radius 3 is 2.40 bits per heavy atom. The molecule has 0 radical (unpaired) electrons. The highest BCUT2D eigenvalue weighted by Gasteiger charge is 2.43. The van der Waals surface area contributed by atoms with Crippen molar-refractivity contribution in [1.82, 2.24) is 15.1 Å². The lowest BCUT2D eigenvalue weighted by Gasteiger charge is -2.45. The lowest BCUT2D eigenvalue weighted by molar-refractivity contribution is -0.134. The molecule has 2 heterocycles. The van der Waals surface area contributed by atoms with Crippen molar-refractivity contribution < 1.29 is 41.8 Å². The highest BCUT2D eigenvalue weighted by Crippen LogP contribution is 2.37. The smallest absolute Gasteiger partial charge is 0.252 e. The minimum absolute atomic E-state index is 0.00579. The number of benzene rings is 3. The average Bonchev–Trinajstić information content (AvgIpc) is 4.00. The first-order chi connectivity index (χ1) is 25.6. The quantitative estimate of drug-likeness (QED) is 0.145. The van der Waals surface area contributed by atoms with Crippen molar-refractivity contribution in [3.8, 4) is 17.2 Å². The Bertz CT molecular complexity index is 1830. The van der Waals surface area contributed by atoms with E-state index in [-0.39, 0.29) is 43.3 Å². The van der Waals surface area contributed by atoms with Crippen LogP contribution in [-0.4, -0.2) is 85.6 Å². The zero-order valence-corrected chi connectivity index (χ0v) is 29.8. The molecular formula is C40H45F3N4O6. The molecule has 2 fully saturated rings. The van der Waals surface area contributed by atoms with E-state index in [0.717, 1.165) is 41.7 Å². The summed E-state index contributed by atoms with van der Waals surface area (Å²) in [4.78, 5) is 42.8. The van der Waals surface area contributed by atoms with Crippen LogP contribution in [0, 0.1) is 17.5 Å². The van der Waals surface area contributed by atoms with Gasteiger partial charge in [0, 0.05) is 49.7 Å². The fourth-order valence-corrected chi connectivity index (χ4v) is 7.05. The molecule has 0 unspecified atom stereocenters. The van der Waals surface area contributed by atoms with E-state index in [9.17, 15) is 27.6 Å². The second-order valence-corrected chi connectivity index (χ2v) is 13.7. The molecule has 1 aliphatic carbocycles. The fourth-order valence-electron chi connectivity index (χ4n) is 7.05. The largest absolute Gasteiger partial charge is 0.497 e. The molecule has 1 saturated heterocycles. The van der Waals surface area contributed by atoms with Gasteiger partial charge in [-0.2, -0.15) is 4.39 Å². The normalized spacial score (nSPS) is 18.1. The minimum Gasteiger partial charge on any atom is -0.497 e. The van der Waals surface area contributed by atoms with Gasteiger partial charge < -0.3 is 35.1 Å². The van der Waals surface area contributed by atoms with Gasteiger partial charge in [-0.15, -0.1) is 0 Å². The molecule has 0 spiro atoms. The van der Waals surface area contributed by atoms with Gasteiger partial charge in [-0.3, -0.25) is 14.4 Å². The first kappa shape index (κ1) is 37.7. The highest BCUT2D eigenvalue weighted by atomic mass is 19.2. The molecule has 10 nitrogen and oxygen atoms in total. The molecule has 2 atom stereocenters. The summed E-state index contributed by atoms with van der Waals surface area (Å²) in [5, 5.41) is 3.61. The Kier molecular flexibility index (Phi) is 12.2. The number of hydrogen-bond acceptors (Lipinski definition) is 7. The zero-order valence-electron chi connectivity index (χ0n) is 29.8. The van der Waals surface area contributed by atoms with Crippen molar-refractivity contribution in [2.75, 3.05) is 40.0 Å². The molecule has 2 aliphatic heterocycles. The maximum atomic E-state index is 14.7. The highest BCUT2D eigenvalue weighted by molar-refractivity contribution is 6.03. The SMILES string of the molecule is COc1cccc(OCCN(C(=O)C2=C(c3ccc(CCCOc4c(F)ccc(F)c4F)cc3)C[C@@H]3CN(C(=O)CCCC(N)=O)C[C@H]2N3)C2CC2)c1. The topological polar surface area (TPSA) is 123 Å². The summed E-state index contributed by atoms with van der Waals surface area (Å²) in [6, 6.07) is 16.4. The lowest BCUT2D eigenvalue weighted by Crippen LogP contribution is -2.62. The third-order valence-corrected chi connectivity index (χ3v) is 9.85. The zero-order chi connectivity index (χ0) is 37.5. The second-order valence-electron chi connectivity index (χ2n) is 13.7. The van der Waals surface area contributed by atoms with Crippen LogP contribution >= 0.6 is 0 Å². The number of nitrogens with two attached hydrogens (primary N) is 1. The number of fused-ring (bicyclic) bond motifs is 2. The number of rotatable bonds is 17. The number of primary amides is 1. The van der Waals surface area contributed by atoms with E-state index in [4.69, 9.17) is 19.9 Å². The van der Waals surface area contributed by atoms with Gasteiger partial charge >= 0.3 is 0 Å². The molecule has 3 aromatic carbocycles. The van der Waals surface area contributed by atoms with Crippen LogP contribution in [0.15, 0.2) is 66.2 Å². The van der Waals surface area contributed by atoms with Crippen molar-refractivity contribution in [2.45, 2.75) is 69.5 Å². The van der Waals surface area contributed by atoms with Crippen LogP contribution in [-0.2, 0) is 20.8 Å². The number of halogens is 3. The number of aryl methyl sites for hydroxylation is 1. The number of methoxy groups -OCH3 is 1. The van der Waals surface area contributed by atoms with Gasteiger partial charge in [0.2, 0.25) is 17.6 Å². The molecule has 282 valence electrons. The number of nitrogens with zero attached hydrogens (tertiary/aromatic N) is 2. The Morgan fingerprint density at radius 1 is 0.906 bits per heavy atom. The number of piperazine rings is 1. The van der Waals surface area contributed by atoms with Crippen molar-refractivity contribution in [1.29, 1.82) is 0 Å². The molecular weight excluding hydrogens is 689 g/mol. The fraction of sp³-hybridized carbons (Fsp3) is 0.425. The van der Waals surface area contributed by atoms with Gasteiger partial charge in [0.1, 0.15) is 18.1 Å². The molecule has 3 amide bonds. The van der Waals surface area contributed by atoms with E-state index in [2.05, 4.69) is 5.32 Å². The number of carbonyl (C=O) groups excluding carboxylic acids is 3. The lowest BCUT2D eigenvalue weighted by atomic mass is 9.82. The van der Waals surface area contributed by atoms with Crippen LogP contribution in [0.1, 0.15) is 56.1 Å². The average molecular weight is 735 g/mol. The number of hydrogen-bond donors (Lipinski definition) is 2. The van der Waals surface area contributed by atoms with Gasteiger partial charge in [0.15, 0.2) is 17.4 Å². The Hall–Kier alpha value is -5.04. The number of ether oxygens (including phenoxy) is 3. The summed E-state index contributed by atoms with van der Waals surface area (Å²) < 4.78 is 58.0. The van der Waals surface area contributed by atoms with Crippen LogP contribution in [0.3, 0.4) is 0 Å². The van der Waals surface area contributed by atoms with Gasteiger partial charge in [0.05, 0.1) is 26.3 Å². The van der Waals surface area contributed by atoms with Crippen LogP contribution in [0.25, 0.3) is 5.57 Å². The third kappa shape index (κ3) is 9.50. The summed E-state index contributed by atoms with van der Waals surface area (Å²) in [5.74, 6) is -3.48. The maximum Gasteiger partial charge on any atom is 0.252 e. The minimum atomic E-state index is -1.35. The number of amides is 3. The van der Waals surface area contributed by atoms with E-state index in [0.29, 0.717) is 69.0 Å². The van der Waals surface area contributed by atoms with E-state index >= 15 is 0 Å². The maximum absolute atomic E-state index is 14.7. The molecule has 2 bridgehead atoms. The molecule has 13 heteroatoms. The van der Waals surface area contributed by atoms with E-state index in [1.807, 2.05) is 47.4 Å². The van der Waals surface area contributed by atoms with Crippen LogP contribution in [0.2, 0.25) is 0 Å². The Morgan fingerprint density at radius 2 is 1.66 bits per heavy atom. The monoisotopic (exact) mass is 734 g/mol. The standard InChI is InChI=1S/C40H45F3N4O6/c1-51-29-6-2-7-30(22-29)52-20-18-47(28-14-15-28)40(50)37-31(21-27-23-46(24-34(37)45-27)36(49)9-3-8-35(44)48)26-12-10-25(11-13-26)5-4-19-53-39-33(42)17-16-32(41)38(39)43/h2,6-7,10-13,16-17,22,27-28,34,45H,3-5,8-9,14-15,18-21,23-24H2,1H3,(H2,44,48)/t27-,34-/m1/s1. The summed E-state index contributed by atoms with van der Waals surface area (Å²) >= 11 is 0. The molecule has 3 aliphatic rings. The summed E-state index contributed by atoms with van der Waals surface area (Å²) in [6.45, 7) is 1.46. The van der Waals surface area contributed by atoms with Crippen molar-refractivity contribution in [3.05, 3.63) is 94.8 Å². The first-order valence-corrected chi connectivity index (χ1v) is 18.1. The predicted molar refractivity (Wildman–Crippen MR) is 192 cm³/mol. The Labute approximate surface area is 307 Å². The van der Waals surface area contributed by atoms with E-state index < -0.39 is 35.2 Å². The van der Waals surface area contributed by atoms with Crippen LogP contribution < -0.4 is 25.3 Å². The molecule has 3 N–H and O–H groups in total. The van der Waals surface area contributed by atoms with Gasteiger partial charge in [-0.05, 0) is 79.5 Å². The Balaban J connectivity index is 1.19. The number of nitrogens with one attached hydrogen (secondary N) is 1. The van der Waals surface area contributed by atoms with Gasteiger partial charge in [-0.25, -0.2) is 8.78 Å². The van der Waals surface area contributed by atoms with E-state index in [1.165, 1.54) is 0 Å². The molecule has 6 rings (SSSR count). The van der Waals surface area contributed by atoms with Crippen molar-refractivity contribution >= 4 is 23.3 Å². The predicted octanol–water partition coefficient (Wildman–Crippen LogP) is 5.18. The van der Waals surface area contributed by atoms with Gasteiger partial charge in [-0.1, -0.05) is 30.3 Å². The van der Waals surface area contributed by atoms with Crippen LogP contribution in [0.5, 0.6) is 17.2 Å². The van der Waals surface area contributed by atoms with Crippen LogP contribution in [0.4, 0.5) is 13.2 Å². The summed E-state index contributed by atoms with van der Waals surface area (Å²) in [6.07, 6.45) is 4.03. The molecule has 3 aromatic rings. The molecule has 1 saturated carbocycles. The molecule has 53 heavy (non-hydrogen) atoms. The molecule has 0 aromatic heterocycles. The second kappa shape index (κ2) is 17.2. The van der Waals surface area contributed by atoms with E-state index in [1.54, 1.807) is 18.1 Å². The third-order valence-electron chi connectivity index (χ3n) is 9.85. The van der Waals surface area contributed by atoms with Crippen molar-refractivity contribution in [2.24, 2.45) is 5.73 Å². The van der Waals surface area contributed by atoms with Gasteiger partial charge in [0.25, 0.3) is 5.91 Å². The van der Waals surface area contributed by atoms with Crippen molar-refractivity contribution in [3.63, 3.8) is 0 Å². The summed E-state index contributed by atoms with van der Waals surface area (Å²) in [5.41, 5.74) is 8.71. The first-order valence-electron chi connectivity index (χ1n) is 18.1. The number of carbonyl (C=O) groups is 3. The summed E-state index contributed by atoms with van der Waals surface area (Å²) in [7, 11) is 1.59.